The minimum absolute atomic E-state index is 0.111. The van der Waals surface area contributed by atoms with Crippen LogP contribution in [0, 0.1) is 0 Å². The van der Waals surface area contributed by atoms with E-state index in [1.165, 1.54) is 17.0 Å². The van der Waals surface area contributed by atoms with E-state index in [-0.39, 0.29) is 18.0 Å². The summed E-state index contributed by atoms with van der Waals surface area (Å²) < 4.78 is 36.5. The van der Waals surface area contributed by atoms with E-state index in [0.29, 0.717) is 5.69 Å². The monoisotopic (exact) mass is 390 g/mol. The van der Waals surface area contributed by atoms with Crippen LogP contribution in [0.25, 0.3) is 10.9 Å². The molecule has 0 bridgehead atoms. The highest BCUT2D eigenvalue weighted by Gasteiger charge is 2.27. The summed E-state index contributed by atoms with van der Waals surface area (Å²) in [5.74, 6) is -1.08. The van der Waals surface area contributed by atoms with Crippen molar-refractivity contribution in [1.82, 2.24) is 20.4 Å². The topological polar surface area (TPSA) is 78.1 Å². The van der Waals surface area contributed by atoms with Crippen LogP contribution in [-0.4, -0.2) is 46.7 Å². The molecule has 2 aromatic carbocycles. The number of hydrogen-bond donors (Lipinski definition) is 2. The highest BCUT2D eigenvalue weighted by molar-refractivity contribution is 6.04. The third kappa shape index (κ3) is 4.48. The fraction of sp³-hybridized carbons (Fsp3) is 0.211. The summed E-state index contributed by atoms with van der Waals surface area (Å²) in [5, 5.41) is 9.41. The van der Waals surface area contributed by atoms with E-state index >= 15 is 0 Å². The van der Waals surface area contributed by atoms with Crippen LogP contribution in [0.5, 0.6) is 0 Å². The van der Waals surface area contributed by atoms with Crippen molar-refractivity contribution in [1.29, 1.82) is 0 Å². The zero-order valence-corrected chi connectivity index (χ0v) is 14.9. The number of nitrogens with one attached hydrogen (secondary N) is 2. The number of benzene rings is 2. The lowest BCUT2D eigenvalue weighted by Crippen LogP contribution is -2.33. The van der Waals surface area contributed by atoms with Crippen molar-refractivity contribution in [2.45, 2.75) is 12.7 Å². The van der Waals surface area contributed by atoms with Gasteiger partial charge in [-0.3, -0.25) is 14.7 Å². The maximum Gasteiger partial charge on any atom is 0.405 e. The van der Waals surface area contributed by atoms with Crippen LogP contribution in [0.4, 0.5) is 13.2 Å². The van der Waals surface area contributed by atoms with E-state index in [2.05, 4.69) is 10.2 Å². The van der Waals surface area contributed by atoms with Crippen molar-refractivity contribution < 1.29 is 22.8 Å². The summed E-state index contributed by atoms with van der Waals surface area (Å²) in [4.78, 5) is 25.9. The molecule has 0 aliphatic rings. The standard InChI is InChI=1S/C19H17F3N4O2/c1-26(18(28)16-14-4-2-3-5-15(14)24-25-16)10-12-6-8-13(9-7-12)17(27)23-11-19(20,21)22/h2-9H,10-11H2,1H3,(H,23,27)(H,24,25). The molecule has 0 spiro atoms. The number of amides is 2. The molecule has 0 fully saturated rings. The lowest BCUT2D eigenvalue weighted by atomic mass is 10.1. The lowest BCUT2D eigenvalue weighted by Gasteiger charge is -2.16. The Kier molecular flexibility index (Phi) is 5.34. The van der Waals surface area contributed by atoms with E-state index in [1.807, 2.05) is 23.5 Å². The Bertz CT molecular complexity index is 996. The van der Waals surface area contributed by atoms with Crippen LogP contribution in [0.2, 0.25) is 0 Å². The normalized spacial score (nSPS) is 11.4. The maximum absolute atomic E-state index is 12.7. The molecule has 0 unspecified atom stereocenters. The van der Waals surface area contributed by atoms with Crippen molar-refractivity contribution in [2.24, 2.45) is 0 Å². The predicted molar refractivity (Wildman–Crippen MR) is 96.7 cm³/mol. The molecule has 9 heteroatoms. The molecule has 1 heterocycles. The average molecular weight is 390 g/mol. The largest absolute Gasteiger partial charge is 0.405 e. The van der Waals surface area contributed by atoms with Gasteiger partial charge in [0, 0.05) is 24.5 Å². The number of aromatic nitrogens is 2. The van der Waals surface area contributed by atoms with Gasteiger partial charge >= 0.3 is 6.18 Å². The van der Waals surface area contributed by atoms with E-state index in [1.54, 1.807) is 25.2 Å². The first-order chi connectivity index (χ1) is 13.2. The summed E-state index contributed by atoms with van der Waals surface area (Å²) >= 11 is 0. The summed E-state index contributed by atoms with van der Waals surface area (Å²) in [7, 11) is 1.62. The summed E-state index contributed by atoms with van der Waals surface area (Å²) in [5.41, 5.74) is 1.90. The number of rotatable bonds is 5. The number of carbonyl (C=O) groups excluding carboxylic acids is 2. The summed E-state index contributed by atoms with van der Waals surface area (Å²) in [6.45, 7) is -1.13. The smallest absolute Gasteiger partial charge is 0.343 e. The van der Waals surface area contributed by atoms with Gasteiger partial charge in [0.1, 0.15) is 6.54 Å². The van der Waals surface area contributed by atoms with E-state index < -0.39 is 18.6 Å². The molecule has 3 aromatic rings. The molecule has 2 N–H and O–H groups in total. The summed E-state index contributed by atoms with van der Waals surface area (Å²) in [6, 6.07) is 13.3. The van der Waals surface area contributed by atoms with Crippen LogP contribution in [0.3, 0.4) is 0 Å². The van der Waals surface area contributed by atoms with Gasteiger partial charge in [-0.1, -0.05) is 30.3 Å². The van der Waals surface area contributed by atoms with Gasteiger partial charge in [0.25, 0.3) is 11.8 Å². The molecule has 6 nitrogen and oxygen atoms in total. The van der Waals surface area contributed by atoms with Crippen molar-refractivity contribution in [2.75, 3.05) is 13.6 Å². The average Bonchev–Trinajstić information content (AvgIpc) is 3.09. The first-order valence-electron chi connectivity index (χ1n) is 8.37. The quantitative estimate of drug-likeness (QED) is 0.703. The fourth-order valence-corrected chi connectivity index (χ4v) is 2.70. The highest BCUT2D eigenvalue weighted by atomic mass is 19.4. The van der Waals surface area contributed by atoms with E-state index in [9.17, 15) is 22.8 Å². The number of hydrogen-bond acceptors (Lipinski definition) is 3. The zero-order chi connectivity index (χ0) is 20.3. The molecule has 0 radical (unpaired) electrons. The first kappa shape index (κ1) is 19.4. The Labute approximate surface area is 158 Å². The van der Waals surface area contributed by atoms with Crippen LogP contribution < -0.4 is 5.32 Å². The molecule has 28 heavy (non-hydrogen) atoms. The second-order valence-electron chi connectivity index (χ2n) is 6.27. The lowest BCUT2D eigenvalue weighted by molar-refractivity contribution is -0.123. The number of nitrogens with zero attached hydrogens (tertiary/aromatic N) is 2. The second kappa shape index (κ2) is 7.71. The van der Waals surface area contributed by atoms with Crippen molar-refractivity contribution in [3.05, 3.63) is 65.4 Å². The fourth-order valence-electron chi connectivity index (χ4n) is 2.70. The Morgan fingerprint density at radius 1 is 1.11 bits per heavy atom. The Hall–Kier alpha value is -3.36. The predicted octanol–water partition coefficient (Wildman–Crippen LogP) is 3.13. The first-order valence-corrected chi connectivity index (χ1v) is 8.37. The van der Waals surface area contributed by atoms with E-state index in [4.69, 9.17) is 0 Å². The number of fused-ring (bicyclic) bond motifs is 1. The molecule has 0 saturated heterocycles. The van der Waals surface area contributed by atoms with Gasteiger partial charge in [0.05, 0.1) is 5.52 Å². The molecule has 2 amide bonds. The molecule has 1 aromatic heterocycles. The Morgan fingerprint density at radius 2 is 1.79 bits per heavy atom. The van der Waals surface area contributed by atoms with Gasteiger partial charge in [-0.05, 0) is 23.8 Å². The number of para-hydroxylation sites is 1. The second-order valence-corrected chi connectivity index (χ2v) is 6.27. The Morgan fingerprint density at radius 3 is 2.46 bits per heavy atom. The minimum Gasteiger partial charge on any atom is -0.343 e. The van der Waals surface area contributed by atoms with Crippen LogP contribution >= 0.6 is 0 Å². The summed E-state index contributed by atoms with van der Waals surface area (Å²) in [6.07, 6.45) is -4.46. The molecule has 0 atom stereocenters. The molecule has 0 aliphatic heterocycles. The van der Waals surface area contributed by atoms with Gasteiger partial charge in [-0.15, -0.1) is 0 Å². The minimum atomic E-state index is -4.46. The third-order valence-corrected chi connectivity index (χ3v) is 4.10. The van der Waals surface area contributed by atoms with Gasteiger partial charge in [0.15, 0.2) is 5.69 Å². The SMILES string of the molecule is CN(Cc1ccc(C(=O)NCC(F)(F)F)cc1)C(=O)c1n[nH]c2ccccc12. The number of alkyl halides is 3. The van der Waals surface area contributed by atoms with Crippen molar-refractivity contribution in [3.8, 4) is 0 Å². The van der Waals surface area contributed by atoms with Crippen molar-refractivity contribution >= 4 is 22.7 Å². The zero-order valence-electron chi connectivity index (χ0n) is 14.9. The third-order valence-electron chi connectivity index (χ3n) is 4.10. The molecule has 0 saturated carbocycles. The Balaban J connectivity index is 1.65. The molecule has 0 aliphatic carbocycles. The molecular weight excluding hydrogens is 373 g/mol. The molecule has 3 rings (SSSR count). The van der Waals surface area contributed by atoms with Gasteiger partial charge in [0.2, 0.25) is 0 Å². The van der Waals surface area contributed by atoms with Crippen LogP contribution in [0.1, 0.15) is 26.4 Å². The molecular formula is C19H17F3N4O2. The number of aromatic amines is 1. The van der Waals surface area contributed by atoms with Gasteiger partial charge in [-0.25, -0.2) is 0 Å². The van der Waals surface area contributed by atoms with E-state index in [0.717, 1.165) is 16.5 Å². The number of carbonyl (C=O) groups is 2. The van der Waals surface area contributed by atoms with Gasteiger partial charge < -0.3 is 10.2 Å². The highest BCUT2D eigenvalue weighted by Crippen LogP contribution is 2.18. The van der Waals surface area contributed by atoms with Crippen LogP contribution in [0.15, 0.2) is 48.5 Å². The molecule has 146 valence electrons. The number of halogens is 3. The van der Waals surface area contributed by atoms with Gasteiger partial charge in [-0.2, -0.15) is 18.3 Å². The number of H-pyrrole nitrogens is 1. The maximum atomic E-state index is 12.7. The van der Waals surface area contributed by atoms with Crippen molar-refractivity contribution in [3.63, 3.8) is 0 Å². The van der Waals surface area contributed by atoms with Crippen LogP contribution in [-0.2, 0) is 6.54 Å².